The van der Waals surface area contributed by atoms with E-state index < -0.39 is 0 Å². The highest BCUT2D eigenvalue weighted by Crippen LogP contribution is 2.26. The minimum absolute atomic E-state index is 0.0269. The summed E-state index contributed by atoms with van der Waals surface area (Å²) in [5.74, 6) is -1.04. The summed E-state index contributed by atoms with van der Waals surface area (Å²) in [6, 6.07) is 9.56. The first-order valence-electron chi connectivity index (χ1n) is 9.31. The highest BCUT2D eigenvalue weighted by Gasteiger charge is 2.35. The third-order valence-corrected chi connectivity index (χ3v) is 4.95. The van der Waals surface area contributed by atoms with Crippen LogP contribution in [0.1, 0.15) is 12.0 Å². The second-order valence-corrected chi connectivity index (χ2v) is 7.41. The van der Waals surface area contributed by atoms with Crippen LogP contribution in [0.25, 0.3) is 0 Å². The number of nitrogens with zero attached hydrogens (tertiary/aromatic N) is 3. The van der Waals surface area contributed by atoms with Gasteiger partial charge in [0, 0.05) is 51.8 Å². The van der Waals surface area contributed by atoms with Gasteiger partial charge < -0.3 is 10.2 Å². The highest BCUT2D eigenvalue weighted by molar-refractivity contribution is 5.93. The van der Waals surface area contributed by atoms with Gasteiger partial charge in [-0.25, -0.2) is 4.39 Å². The largest absolute Gasteiger partial charge is 0.349 e. The fraction of sp³-hybridized carbons (Fsp3) is 0.381. The van der Waals surface area contributed by atoms with Crippen LogP contribution in [0.4, 0.5) is 10.1 Å². The lowest BCUT2D eigenvalue weighted by Crippen LogP contribution is -2.48. The van der Waals surface area contributed by atoms with Crippen LogP contribution in [0.15, 0.2) is 48.8 Å². The van der Waals surface area contributed by atoms with Crippen molar-refractivity contribution in [1.82, 2.24) is 14.8 Å². The number of amides is 2. The number of aromatic nitrogens is 1. The summed E-state index contributed by atoms with van der Waals surface area (Å²) < 4.78 is 13.1. The molecule has 2 amide bonds. The molecule has 1 aromatic heterocycles. The molecule has 28 heavy (non-hydrogen) atoms. The van der Waals surface area contributed by atoms with Crippen molar-refractivity contribution in [3.63, 3.8) is 0 Å². The SMILES string of the molecule is CN(C)C(=O)[C@H]1C[C@@H](C(=O)Nc2ccc(F)cc2)CN(Cc2ccncc2)C1. The van der Waals surface area contributed by atoms with Gasteiger partial charge in [0.05, 0.1) is 11.8 Å². The van der Waals surface area contributed by atoms with E-state index in [4.69, 9.17) is 0 Å². The molecule has 1 aromatic carbocycles. The molecular weight excluding hydrogens is 359 g/mol. The van der Waals surface area contributed by atoms with Gasteiger partial charge in [-0.3, -0.25) is 19.5 Å². The lowest BCUT2D eigenvalue weighted by molar-refractivity contribution is -0.137. The molecule has 7 heteroatoms. The number of piperidine rings is 1. The topological polar surface area (TPSA) is 65.5 Å². The molecule has 1 N–H and O–H groups in total. The predicted molar refractivity (Wildman–Crippen MR) is 105 cm³/mol. The number of anilines is 1. The van der Waals surface area contributed by atoms with Crippen LogP contribution in [0, 0.1) is 17.7 Å². The van der Waals surface area contributed by atoms with Crippen LogP contribution in [0.3, 0.4) is 0 Å². The molecule has 1 aliphatic rings. The number of hydrogen-bond donors (Lipinski definition) is 1. The molecular formula is C21H25FN4O2. The van der Waals surface area contributed by atoms with Gasteiger partial charge in [0.2, 0.25) is 11.8 Å². The Hall–Kier alpha value is -2.80. The summed E-state index contributed by atoms with van der Waals surface area (Å²) in [4.78, 5) is 33.1. The maximum Gasteiger partial charge on any atom is 0.228 e. The molecule has 0 spiro atoms. The van der Waals surface area contributed by atoms with Crippen LogP contribution in [0.2, 0.25) is 0 Å². The molecule has 1 saturated heterocycles. The number of pyridine rings is 1. The lowest BCUT2D eigenvalue weighted by atomic mass is 9.87. The standard InChI is InChI=1S/C21H25FN4O2/c1-25(2)21(28)17-11-16(20(27)24-19-5-3-18(22)4-6-19)13-26(14-17)12-15-7-9-23-10-8-15/h3-10,16-17H,11-14H2,1-2H3,(H,24,27)/t16-,17+/m1/s1. The van der Waals surface area contributed by atoms with E-state index in [0.29, 0.717) is 31.7 Å². The number of carbonyl (C=O) groups is 2. The van der Waals surface area contributed by atoms with Gasteiger partial charge >= 0.3 is 0 Å². The van der Waals surface area contributed by atoms with Gasteiger partial charge in [0.1, 0.15) is 5.82 Å². The average molecular weight is 384 g/mol. The van der Waals surface area contributed by atoms with Gasteiger partial charge in [-0.15, -0.1) is 0 Å². The Morgan fingerprint density at radius 3 is 2.39 bits per heavy atom. The fourth-order valence-electron chi connectivity index (χ4n) is 3.58. The maximum absolute atomic E-state index is 13.1. The molecule has 0 bridgehead atoms. The van der Waals surface area contributed by atoms with E-state index in [1.807, 2.05) is 12.1 Å². The molecule has 0 saturated carbocycles. The van der Waals surface area contributed by atoms with Crippen LogP contribution in [-0.4, -0.2) is 53.8 Å². The van der Waals surface area contributed by atoms with Crippen molar-refractivity contribution >= 4 is 17.5 Å². The Kier molecular flexibility index (Phi) is 6.36. The summed E-state index contributed by atoms with van der Waals surface area (Å²) in [5.41, 5.74) is 1.64. The third kappa shape index (κ3) is 5.13. The van der Waals surface area contributed by atoms with Crippen molar-refractivity contribution in [2.45, 2.75) is 13.0 Å². The minimum atomic E-state index is -0.351. The molecule has 3 rings (SSSR count). The number of likely N-dealkylation sites (tertiary alicyclic amines) is 1. The van der Waals surface area contributed by atoms with Crippen molar-refractivity contribution < 1.29 is 14.0 Å². The molecule has 6 nitrogen and oxygen atoms in total. The second kappa shape index (κ2) is 8.93. The number of carbonyl (C=O) groups excluding carboxylic acids is 2. The first kappa shape index (κ1) is 19.9. The molecule has 148 valence electrons. The van der Waals surface area contributed by atoms with Crippen LogP contribution >= 0.6 is 0 Å². The number of benzene rings is 1. The van der Waals surface area contributed by atoms with Gasteiger partial charge in [-0.2, -0.15) is 0 Å². The fourth-order valence-corrected chi connectivity index (χ4v) is 3.58. The van der Waals surface area contributed by atoms with E-state index in [9.17, 15) is 14.0 Å². The first-order chi connectivity index (χ1) is 13.4. The molecule has 0 unspecified atom stereocenters. The van der Waals surface area contributed by atoms with E-state index in [1.165, 1.54) is 24.3 Å². The van der Waals surface area contributed by atoms with E-state index in [0.717, 1.165) is 5.56 Å². The Balaban J connectivity index is 1.73. The summed E-state index contributed by atoms with van der Waals surface area (Å²) in [6.45, 7) is 1.83. The Labute approximate surface area is 164 Å². The van der Waals surface area contributed by atoms with E-state index in [1.54, 1.807) is 31.4 Å². The van der Waals surface area contributed by atoms with Gasteiger partial charge in [-0.1, -0.05) is 0 Å². The quantitative estimate of drug-likeness (QED) is 0.860. The average Bonchev–Trinajstić information content (AvgIpc) is 2.69. The van der Waals surface area contributed by atoms with Crippen molar-refractivity contribution in [3.8, 4) is 0 Å². The van der Waals surface area contributed by atoms with Crippen LogP contribution < -0.4 is 5.32 Å². The summed E-state index contributed by atoms with van der Waals surface area (Å²) >= 11 is 0. The van der Waals surface area contributed by atoms with Gasteiger partial charge in [0.15, 0.2) is 0 Å². The Morgan fingerprint density at radius 2 is 1.75 bits per heavy atom. The summed E-state index contributed by atoms with van der Waals surface area (Å²) in [7, 11) is 3.47. The molecule has 0 aliphatic carbocycles. The zero-order valence-corrected chi connectivity index (χ0v) is 16.1. The van der Waals surface area contributed by atoms with Crippen molar-refractivity contribution in [2.24, 2.45) is 11.8 Å². The molecule has 1 fully saturated rings. The van der Waals surface area contributed by atoms with E-state index in [2.05, 4.69) is 15.2 Å². The predicted octanol–water partition coefficient (Wildman–Crippen LogP) is 2.39. The Morgan fingerprint density at radius 1 is 1.11 bits per heavy atom. The number of halogens is 1. The normalized spacial score (nSPS) is 19.8. The minimum Gasteiger partial charge on any atom is -0.349 e. The van der Waals surface area contributed by atoms with Gasteiger partial charge in [-0.05, 0) is 48.4 Å². The molecule has 2 heterocycles. The summed E-state index contributed by atoms with van der Waals surface area (Å²) in [5, 5.41) is 2.84. The van der Waals surface area contributed by atoms with E-state index >= 15 is 0 Å². The summed E-state index contributed by atoms with van der Waals surface area (Å²) in [6.07, 6.45) is 3.97. The number of rotatable bonds is 5. The van der Waals surface area contributed by atoms with Crippen molar-refractivity contribution in [2.75, 3.05) is 32.5 Å². The monoisotopic (exact) mass is 384 g/mol. The molecule has 2 atom stereocenters. The molecule has 0 radical (unpaired) electrons. The highest BCUT2D eigenvalue weighted by atomic mass is 19.1. The number of hydrogen-bond acceptors (Lipinski definition) is 4. The Bertz CT molecular complexity index is 811. The van der Waals surface area contributed by atoms with Crippen molar-refractivity contribution in [3.05, 3.63) is 60.2 Å². The maximum atomic E-state index is 13.1. The second-order valence-electron chi connectivity index (χ2n) is 7.41. The van der Waals surface area contributed by atoms with Gasteiger partial charge in [0.25, 0.3) is 0 Å². The lowest BCUT2D eigenvalue weighted by Gasteiger charge is -2.37. The van der Waals surface area contributed by atoms with E-state index in [-0.39, 0.29) is 29.5 Å². The smallest absolute Gasteiger partial charge is 0.228 e. The van der Waals surface area contributed by atoms with Crippen molar-refractivity contribution in [1.29, 1.82) is 0 Å². The third-order valence-electron chi connectivity index (χ3n) is 4.95. The zero-order chi connectivity index (χ0) is 20.1. The van der Waals surface area contributed by atoms with Crippen LogP contribution in [0.5, 0.6) is 0 Å². The molecule has 1 aliphatic heterocycles. The van der Waals surface area contributed by atoms with Crippen LogP contribution in [-0.2, 0) is 16.1 Å². The molecule has 2 aromatic rings. The zero-order valence-electron chi connectivity index (χ0n) is 16.1. The first-order valence-corrected chi connectivity index (χ1v) is 9.31. The number of nitrogens with one attached hydrogen (secondary N) is 1.